The number of hydrogen-bond acceptors (Lipinski definition) is 7. The average Bonchev–Trinajstić information content (AvgIpc) is 2.85. The number of anilines is 3. The van der Waals surface area contributed by atoms with Crippen molar-refractivity contribution in [2.24, 2.45) is 0 Å². The number of ether oxygens (including phenoxy) is 1. The van der Waals surface area contributed by atoms with Crippen molar-refractivity contribution in [3.05, 3.63) is 59.4 Å². The fourth-order valence-corrected chi connectivity index (χ4v) is 3.64. The molecular weight excluding hydrogens is 423 g/mol. The number of nitrogens with one attached hydrogen (secondary N) is 2. The van der Waals surface area contributed by atoms with Crippen LogP contribution in [0.25, 0.3) is 11.3 Å². The van der Waals surface area contributed by atoms with Crippen LogP contribution in [0, 0.1) is 6.92 Å². The Morgan fingerprint density at radius 1 is 1.15 bits per heavy atom. The number of morpholine rings is 1. The van der Waals surface area contributed by atoms with Crippen molar-refractivity contribution in [1.82, 2.24) is 15.0 Å². The number of aromatic nitrogens is 3. The van der Waals surface area contributed by atoms with Gasteiger partial charge in [0, 0.05) is 48.7 Å². The first-order valence-electron chi connectivity index (χ1n) is 11.0. The number of carbonyl (C=O) groups excluding carboxylic acids is 1. The lowest BCUT2D eigenvalue weighted by Crippen LogP contribution is -2.37. The molecule has 0 bridgehead atoms. The lowest BCUT2D eigenvalue weighted by atomic mass is 10.0. The van der Waals surface area contributed by atoms with Crippen LogP contribution in [-0.2, 0) is 11.4 Å². The average molecular weight is 451 g/mol. The second-order valence-corrected chi connectivity index (χ2v) is 7.72. The molecule has 0 radical (unpaired) electrons. The zero-order chi connectivity index (χ0) is 23.2. The third-order valence-electron chi connectivity index (χ3n) is 5.37. The molecule has 1 aliphatic heterocycles. The largest absolute Gasteiger partial charge is 0.378 e. The molecule has 1 amide bonds. The molecule has 33 heavy (non-hydrogen) atoms. The summed E-state index contributed by atoms with van der Waals surface area (Å²) in [5, 5.41) is 6.10. The van der Waals surface area contributed by atoms with Crippen molar-refractivity contribution < 1.29 is 13.9 Å². The zero-order valence-electron chi connectivity index (χ0n) is 18.8. The van der Waals surface area contributed by atoms with Crippen LogP contribution in [0.1, 0.15) is 28.5 Å². The molecule has 2 N–H and O–H groups in total. The standard InChI is InChI=1S/C24H27FN6O2/c1-3-26-24-29-21(14-22(30-24)31-8-10-33-11-9-31)20-13-18(5-4-16(20)2)28-23(32)17-6-7-27-19(12-17)15-25/h4-7,12-14H,3,8-11,15H2,1-2H3,(H,28,32)(H,26,29,30). The molecule has 1 aromatic carbocycles. The van der Waals surface area contributed by atoms with Crippen LogP contribution >= 0.6 is 0 Å². The highest BCUT2D eigenvalue weighted by Crippen LogP contribution is 2.29. The van der Waals surface area contributed by atoms with Gasteiger partial charge in [-0.25, -0.2) is 9.37 Å². The van der Waals surface area contributed by atoms with Gasteiger partial charge in [0.2, 0.25) is 5.95 Å². The van der Waals surface area contributed by atoms with Crippen LogP contribution in [-0.4, -0.2) is 53.7 Å². The molecular formula is C24H27FN6O2. The number of rotatable bonds is 7. The van der Waals surface area contributed by atoms with E-state index in [1.54, 1.807) is 6.07 Å². The third kappa shape index (κ3) is 5.43. The van der Waals surface area contributed by atoms with Crippen molar-refractivity contribution >= 4 is 23.4 Å². The van der Waals surface area contributed by atoms with E-state index in [0.717, 1.165) is 35.7 Å². The normalized spacial score (nSPS) is 13.6. The number of nitrogens with zero attached hydrogens (tertiary/aromatic N) is 4. The molecule has 1 saturated heterocycles. The molecule has 0 unspecified atom stereocenters. The van der Waals surface area contributed by atoms with E-state index < -0.39 is 6.67 Å². The SMILES string of the molecule is CCNc1nc(-c2cc(NC(=O)c3ccnc(CF)c3)ccc2C)cc(N2CCOCC2)n1. The van der Waals surface area contributed by atoms with Gasteiger partial charge in [0.25, 0.3) is 5.91 Å². The summed E-state index contributed by atoms with van der Waals surface area (Å²) < 4.78 is 18.4. The zero-order valence-corrected chi connectivity index (χ0v) is 18.8. The minimum atomic E-state index is -0.719. The lowest BCUT2D eigenvalue weighted by Gasteiger charge is -2.28. The highest BCUT2D eigenvalue weighted by atomic mass is 19.1. The quantitative estimate of drug-likeness (QED) is 0.565. The first-order valence-corrected chi connectivity index (χ1v) is 11.0. The van der Waals surface area contributed by atoms with Crippen LogP contribution in [0.5, 0.6) is 0 Å². The topological polar surface area (TPSA) is 92.3 Å². The maximum Gasteiger partial charge on any atom is 0.255 e. The van der Waals surface area contributed by atoms with Gasteiger partial charge in [-0.3, -0.25) is 9.78 Å². The monoisotopic (exact) mass is 450 g/mol. The Balaban J connectivity index is 1.65. The number of pyridine rings is 1. The Morgan fingerprint density at radius 3 is 2.73 bits per heavy atom. The summed E-state index contributed by atoms with van der Waals surface area (Å²) in [6, 6.07) is 10.6. The van der Waals surface area contributed by atoms with Gasteiger partial charge in [-0.05, 0) is 43.7 Å². The predicted molar refractivity (Wildman–Crippen MR) is 126 cm³/mol. The minimum absolute atomic E-state index is 0.222. The number of halogens is 1. The van der Waals surface area contributed by atoms with Crippen LogP contribution in [0.4, 0.5) is 21.8 Å². The van der Waals surface area contributed by atoms with Crippen LogP contribution in [0.2, 0.25) is 0 Å². The van der Waals surface area contributed by atoms with Gasteiger partial charge in [0.05, 0.1) is 24.6 Å². The fourth-order valence-electron chi connectivity index (χ4n) is 3.64. The molecule has 1 aliphatic rings. The molecule has 8 nitrogen and oxygen atoms in total. The third-order valence-corrected chi connectivity index (χ3v) is 5.37. The Kier molecular flexibility index (Phi) is 7.09. The number of benzene rings is 1. The first kappa shape index (κ1) is 22.6. The van der Waals surface area contributed by atoms with Gasteiger partial charge < -0.3 is 20.3 Å². The van der Waals surface area contributed by atoms with Crippen molar-refractivity contribution in [2.75, 3.05) is 48.4 Å². The number of alkyl halides is 1. The molecule has 3 aromatic rings. The summed E-state index contributed by atoms with van der Waals surface area (Å²) in [5.41, 5.74) is 3.87. The maximum atomic E-state index is 12.9. The van der Waals surface area contributed by atoms with E-state index in [9.17, 15) is 9.18 Å². The Labute approximate surface area is 192 Å². The number of carbonyl (C=O) groups is 1. The van der Waals surface area contributed by atoms with Gasteiger partial charge in [-0.2, -0.15) is 4.98 Å². The summed E-state index contributed by atoms with van der Waals surface area (Å²) in [5.74, 6) is 1.07. The second kappa shape index (κ2) is 10.4. The molecule has 3 heterocycles. The first-order chi connectivity index (χ1) is 16.1. The minimum Gasteiger partial charge on any atom is -0.378 e. The molecule has 1 fully saturated rings. The van der Waals surface area contributed by atoms with E-state index in [4.69, 9.17) is 9.72 Å². The molecule has 0 saturated carbocycles. The van der Waals surface area contributed by atoms with Gasteiger partial charge in [0.1, 0.15) is 12.5 Å². The fraction of sp³-hybridized carbons (Fsp3) is 0.333. The van der Waals surface area contributed by atoms with E-state index in [1.165, 1.54) is 12.3 Å². The number of amides is 1. The smallest absolute Gasteiger partial charge is 0.255 e. The molecule has 0 atom stereocenters. The molecule has 0 spiro atoms. The van der Waals surface area contributed by atoms with Crippen LogP contribution in [0.3, 0.4) is 0 Å². The van der Waals surface area contributed by atoms with Gasteiger partial charge in [-0.1, -0.05) is 6.07 Å². The summed E-state index contributed by atoms with van der Waals surface area (Å²) in [6.07, 6.45) is 1.43. The highest BCUT2D eigenvalue weighted by molar-refractivity contribution is 6.04. The van der Waals surface area contributed by atoms with E-state index in [-0.39, 0.29) is 11.6 Å². The van der Waals surface area contributed by atoms with Crippen LogP contribution < -0.4 is 15.5 Å². The van der Waals surface area contributed by atoms with Gasteiger partial charge in [0.15, 0.2) is 0 Å². The van der Waals surface area contributed by atoms with Crippen molar-refractivity contribution in [2.45, 2.75) is 20.5 Å². The Bertz CT molecular complexity index is 1130. The van der Waals surface area contributed by atoms with Crippen LogP contribution in [0.15, 0.2) is 42.6 Å². The summed E-state index contributed by atoms with van der Waals surface area (Å²) in [4.78, 5) is 28.2. The van der Waals surface area contributed by atoms with Crippen molar-refractivity contribution in [1.29, 1.82) is 0 Å². The molecule has 9 heteroatoms. The molecule has 172 valence electrons. The van der Waals surface area contributed by atoms with E-state index in [0.29, 0.717) is 37.0 Å². The second-order valence-electron chi connectivity index (χ2n) is 7.72. The Morgan fingerprint density at radius 2 is 1.97 bits per heavy atom. The molecule has 4 rings (SSSR count). The highest BCUT2D eigenvalue weighted by Gasteiger charge is 2.17. The molecule has 2 aromatic heterocycles. The molecule has 0 aliphatic carbocycles. The lowest BCUT2D eigenvalue weighted by molar-refractivity contribution is 0.102. The summed E-state index contributed by atoms with van der Waals surface area (Å²) in [7, 11) is 0. The summed E-state index contributed by atoms with van der Waals surface area (Å²) in [6.45, 7) is 6.84. The van der Waals surface area contributed by atoms with E-state index in [2.05, 4.69) is 25.5 Å². The number of aryl methyl sites for hydroxylation is 1. The summed E-state index contributed by atoms with van der Waals surface area (Å²) >= 11 is 0. The predicted octanol–water partition coefficient (Wildman–Crippen LogP) is 3.84. The van der Waals surface area contributed by atoms with E-state index >= 15 is 0 Å². The number of hydrogen-bond donors (Lipinski definition) is 2. The van der Waals surface area contributed by atoms with Crippen molar-refractivity contribution in [3.8, 4) is 11.3 Å². The Hall–Kier alpha value is -3.59. The van der Waals surface area contributed by atoms with Crippen molar-refractivity contribution in [3.63, 3.8) is 0 Å². The van der Waals surface area contributed by atoms with Gasteiger partial charge in [-0.15, -0.1) is 0 Å². The van der Waals surface area contributed by atoms with Gasteiger partial charge >= 0.3 is 0 Å². The maximum absolute atomic E-state index is 12.9. The van der Waals surface area contributed by atoms with E-state index in [1.807, 2.05) is 38.1 Å².